The second-order valence-corrected chi connectivity index (χ2v) is 4.32. The number of carbonyl (C=O) groups excluding carboxylic acids is 1. The van der Waals surface area contributed by atoms with E-state index < -0.39 is 5.97 Å². The van der Waals surface area contributed by atoms with Crippen molar-refractivity contribution in [2.45, 2.75) is 0 Å². The number of carbonyl (C=O) groups is 1. The molecule has 0 amide bonds. The van der Waals surface area contributed by atoms with Gasteiger partial charge in [-0.05, 0) is 0 Å². The van der Waals surface area contributed by atoms with Crippen LogP contribution in [0.1, 0.15) is 15.9 Å². The predicted octanol–water partition coefficient (Wildman–Crippen LogP) is -0.148. The number of carboxylic acid groups (broad SMARTS) is 1. The van der Waals surface area contributed by atoms with E-state index in [9.17, 15) is 15.0 Å². The van der Waals surface area contributed by atoms with E-state index in [1.165, 1.54) is 6.07 Å². The third-order valence-electron chi connectivity index (χ3n) is 2.89. The zero-order chi connectivity index (χ0) is 15.1. The van der Waals surface area contributed by atoms with Crippen LogP contribution >= 0.6 is 0 Å². The molecule has 3 rings (SSSR count). The number of aliphatic hydroxyl groups excluding tert-OH is 1. The molecule has 0 heterocycles. The standard InChI is InChI=1S/C13H10O3.C5H5.Fe.Na/c14-12(9-5-1-2-6-9)10-7-3-4-8-11(10)13(15)16;1-2-4-5-3-1;;/h1-8,14H,(H,15,16);1-5H;;/q;-1;;+1/p-1. The average Bonchev–Trinajstić information content (AvgIpc) is 3.21. The maximum atomic E-state index is 10.9. The van der Waals surface area contributed by atoms with Gasteiger partial charge in [0.25, 0.3) is 0 Å². The first-order chi connectivity index (χ1) is 10.2. The molecule has 23 heavy (non-hydrogen) atoms. The zero-order valence-corrected chi connectivity index (χ0v) is 15.7. The van der Waals surface area contributed by atoms with Crippen molar-refractivity contribution in [3.05, 3.63) is 95.6 Å². The number of aliphatic hydroxyl groups is 1. The molecule has 0 radical (unpaired) electrons. The molecule has 1 aliphatic carbocycles. The summed E-state index contributed by atoms with van der Waals surface area (Å²) in [5.41, 5.74) is 0.851. The maximum Gasteiger partial charge on any atom is 1.00 e. The van der Waals surface area contributed by atoms with Crippen molar-refractivity contribution in [2.24, 2.45) is 0 Å². The summed E-state index contributed by atoms with van der Waals surface area (Å²) in [4.78, 5) is 10.9. The van der Waals surface area contributed by atoms with Gasteiger partial charge in [0.15, 0.2) is 0 Å². The zero-order valence-electron chi connectivity index (χ0n) is 12.6. The van der Waals surface area contributed by atoms with Gasteiger partial charge in [-0.25, -0.2) is 12.1 Å². The number of hydrogen-bond donors (Lipinski definition) is 1. The second-order valence-electron chi connectivity index (χ2n) is 4.32. The van der Waals surface area contributed by atoms with Gasteiger partial charge in [-0.2, -0.15) is 18.2 Å². The van der Waals surface area contributed by atoms with Crippen LogP contribution in [0.4, 0.5) is 0 Å². The average molecular weight is 357 g/mol. The maximum absolute atomic E-state index is 10.9. The molecule has 2 aromatic carbocycles. The number of aromatic carboxylic acids is 1. The Morgan fingerprint density at radius 3 is 1.91 bits per heavy atom. The van der Waals surface area contributed by atoms with Crippen LogP contribution < -0.4 is 34.7 Å². The summed E-state index contributed by atoms with van der Waals surface area (Å²) in [6, 6.07) is 16.2. The first-order valence-electron chi connectivity index (χ1n) is 6.45. The number of hydrogen-bond acceptors (Lipinski definition) is 3. The van der Waals surface area contributed by atoms with Crippen molar-refractivity contribution in [1.29, 1.82) is 0 Å². The van der Waals surface area contributed by atoms with Crippen molar-refractivity contribution in [3.8, 4) is 0 Å². The molecule has 114 valence electrons. The molecule has 0 aromatic heterocycles. The topological polar surface area (TPSA) is 60.4 Å². The summed E-state index contributed by atoms with van der Waals surface area (Å²) >= 11 is 0. The van der Waals surface area contributed by atoms with Crippen molar-refractivity contribution >= 4 is 11.7 Å². The minimum Gasteiger partial charge on any atom is -0.545 e. The van der Waals surface area contributed by atoms with Gasteiger partial charge < -0.3 is 15.0 Å². The molecular weight excluding hydrogens is 343 g/mol. The van der Waals surface area contributed by atoms with Crippen molar-refractivity contribution in [2.75, 3.05) is 0 Å². The molecule has 2 aromatic rings. The van der Waals surface area contributed by atoms with Gasteiger partial charge in [0.1, 0.15) is 5.76 Å². The van der Waals surface area contributed by atoms with Crippen LogP contribution in [-0.4, -0.2) is 11.1 Å². The van der Waals surface area contributed by atoms with Crippen molar-refractivity contribution in [1.82, 2.24) is 0 Å². The summed E-state index contributed by atoms with van der Waals surface area (Å²) < 4.78 is 0. The van der Waals surface area contributed by atoms with Gasteiger partial charge in [0, 0.05) is 33.8 Å². The van der Waals surface area contributed by atoms with Crippen LogP contribution in [0.3, 0.4) is 0 Å². The van der Waals surface area contributed by atoms with E-state index in [1.807, 2.05) is 30.3 Å². The molecule has 0 aliphatic heterocycles. The summed E-state index contributed by atoms with van der Waals surface area (Å²) in [6.45, 7) is 0. The van der Waals surface area contributed by atoms with Crippen molar-refractivity contribution < 1.29 is 61.6 Å². The molecule has 0 atom stereocenters. The Balaban J connectivity index is 0.000000595. The van der Waals surface area contributed by atoms with Gasteiger partial charge in [0.05, 0.1) is 5.97 Å². The molecule has 3 nitrogen and oxygen atoms in total. The van der Waals surface area contributed by atoms with E-state index in [0.29, 0.717) is 5.57 Å². The van der Waals surface area contributed by atoms with Crippen LogP contribution in [0.2, 0.25) is 0 Å². The quantitative estimate of drug-likeness (QED) is 0.462. The van der Waals surface area contributed by atoms with Gasteiger partial charge in [0.2, 0.25) is 0 Å². The van der Waals surface area contributed by atoms with Crippen LogP contribution in [0.5, 0.6) is 0 Å². The smallest absolute Gasteiger partial charge is 0.545 e. The minimum absolute atomic E-state index is 0. The molecular formula is C18H14FeNaO3-. The van der Waals surface area contributed by atoms with E-state index in [0.717, 1.165) is 0 Å². The SMILES string of the molecule is O=C([O-])c1ccccc1C(O)=C1C=CC=C1.[Fe].[Na+].c1cc[cH-]c1. The minimum atomic E-state index is -1.30. The van der Waals surface area contributed by atoms with E-state index in [4.69, 9.17) is 0 Å². The van der Waals surface area contributed by atoms with Crippen LogP contribution in [0.25, 0.3) is 5.76 Å². The predicted molar refractivity (Wildman–Crippen MR) is 80.6 cm³/mol. The first-order valence-corrected chi connectivity index (χ1v) is 6.45. The summed E-state index contributed by atoms with van der Waals surface area (Å²) in [7, 11) is 0. The summed E-state index contributed by atoms with van der Waals surface area (Å²) in [5.74, 6) is -1.35. The molecule has 1 aliphatic rings. The number of carboxylic acids is 1. The molecule has 5 heteroatoms. The molecule has 0 saturated heterocycles. The fourth-order valence-corrected chi connectivity index (χ4v) is 1.88. The second kappa shape index (κ2) is 11.2. The normalized spacial score (nSPS) is 10.9. The Morgan fingerprint density at radius 1 is 0.957 bits per heavy atom. The molecule has 0 spiro atoms. The van der Waals surface area contributed by atoms with Crippen LogP contribution in [-0.2, 0) is 17.1 Å². The molecule has 0 bridgehead atoms. The molecule has 1 N–H and O–H groups in total. The van der Waals surface area contributed by atoms with Crippen molar-refractivity contribution in [3.63, 3.8) is 0 Å². The van der Waals surface area contributed by atoms with Crippen LogP contribution in [0.15, 0.2) is 84.5 Å². The third kappa shape index (κ3) is 6.30. The summed E-state index contributed by atoms with van der Waals surface area (Å²) in [6.07, 6.45) is 6.96. The van der Waals surface area contributed by atoms with Gasteiger partial charge in [-0.15, -0.1) is 0 Å². The number of benzene rings is 1. The molecule has 0 saturated carbocycles. The van der Waals surface area contributed by atoms with E-state index in [2.05, 4.69) is 0 Å². The summed E-state index contributed by atoms with van der Waals surface area (Å²) in [5, 5.41) is 20.8. The number of allylic oxidation sites excluding steroid dienone is 5. The van der Waals surface area contributed by atoms with Gasteiger partial charge >= 0.3 is 29.6 Å². The van der Waals surface area contributed by atoms with Gasteiger partial charge in [-0.1, -0.05) is 48.6 Å². The Labute approximate surface area is 168 Å². The Morgan fingerprint density at radius 2 is 1.48 bits per heavy atom. The van der Waals surface area contributed by atoms with E-state index >= 15 is 0 Å². The Hall–Kier alpha value is -1.42. The first kappa shape index (κ1) is 21.6. The fraction of sp³-hybridized carbons (Fsp3) is 0. The van der Waals surface area contributed by atoms with Crippen LogP contribution in [0, 0.1) is 0 Å². The third-order valence-corrected chi connectivity index (χ3v) is 2.89. The van der Waals surface area contributed by atoms with E-state index in [1.54, 1.807) is 42.5 Å². The Kier molecular flexibility index (Phi) is 10.5. The fourth-order valence-electron chi connectivity index (χ4n) is 1.88. The monoisotopic (exact) mass is 357 g/mol. The Bertz CT molecular complexity index is 670. The molecule has 0 unspecified atom stereocenters. The van der Waals surface area contributed by atoms with E-state index in [-0.39, 0.29) is 63.5 Å². The van der Waals surface area contributed by atoms with Gasteiger partial charge in [-0.3, -0.25) is 0 Å². The molecule has 0 fully saturated rings. The largest absolute Gasteiger partial charge is 1.00 e. The number of rotatable bonds is 2.